The molecule has 0 N–H and O–H groups in total. The van der Waals surface area contributed by atoms with Gasteiger partial charge in [-0.3, -0.25) is 4.90 Å². The van der Waals surface area contributed by atoms with Crippen LogP contribution in [0.3, 0.4) is 0 Å². The molecule has 3 rings (SSSR count). The lowest BCUT2D eigenvalue weighted by atomic mass is 10.1. The molecule has 2 fully saturated rings. The molecule has 0 radical (unpaired) electrons. The van der Waals surface area contributed by atoms with Gasteiger partial charge in [0.1, 0.15) is 11.6 Å². The first-order valence-electron chi connectivity index (χ1n) is 8.09. The molecular weight excluding hydrogens is 283 g/mol. The minimum absolute atomic E-state index is 0.198. The van der Waals surface area contributed by atoms with E-state index in [-0.39, 0.29) is 5.82 Å². The summed E-state index contributed by atoms with van der Waals surface area (Å²) in [4.78, 5) is 4.90. The zero-order valence-electron chi connectivity index (χ0n) is 13.3. The highest BCUT2D eigenvalue weighted by Crippen LogP contribution is 2.22. The number of methoxy groups -OCH3 is 1. The third-order valence-corrected chi connectivity index (χ3v) is 4.64. The standard InChI is InChI=1S/C17H25FN2O2/c1-21-17-3-2-16(18)10-15(17)12-20-7-5-19(6-8-20)11-14-4-9-22-13-14/h2-3,10,14H,4-9,11-13H2,1H3. The van der Waals surface area contributed by atoms with Crippen LogP contribution in [0.4, 0.5) is 4.39 Å². The summed E-state index contributed by atoms with van der Waals surface area (Å²) in [7, 11) is 1.64. The van der Waals surface area contributed by atoms with Gasteiger partial charge < -0.3 is 14.4 Å². The highest BCUT2D eigenvalue weighted by atomic mass is 19.1. The van der Waals surface area contributed by atoms with Crippen molar-refractivity contribution in [2.24, 2.45) is 5.92 Å². The van der Waals surface area contributed by atoms with E-state index in [0.717, 1.165) is 63.8 Å². The first-order chi connectivity index (χ1) is 10.7. The Balaban J connectivity index is 1.50. The summed E-state index contributed by atoms with van der Waals surface area (Å²) in [6.45, 7) is 7.94. The summed E-state index contributed by atoms with van der Waals surface area (Å²) in [6, 6.07) is 4.74. The Bertz CT molecular complexity index is 484. The van der Waals surface area contributed by atoms with Crippen molar-refractivity contribution in [1.82, 2.24) is 9.80 Å². The van der Waals surface area contributed by atoms with Gasteiger partial charge in [-0.15, -0.1) is 0 Å². The first-order valence-corrected chi connectivity index (χ1v) is 8.09. The van der Waals surface area contributed by atoms with Crippen LogP contribution in [0, 0.1) is 11.7 Å². The Morgan fingerprint density at radius 3 is 2.68 bits per heavy atom. The van der Waals surface area contributed by atoms with Gasteiger partial charge in [0.15, 0.2) is 0 Å². The molecule has 2 saturated heterocycles. The maximum absolute atomic E-state index is 13.4. The largest absolute Gasteiger partial charge is 0.496 e. The Morgan fingerprint density at radius 2 is 2.00 bits per heavy atom. The van der Waals surface area contributed by atoms with Gasteiger partial charge in [0, 0.05) is 51.4 Å². The van der Waals surface area contributed by atoms with Crippen LogP contribution in [0.1, 0.15) is 12.0 Å². The highest BCUT2D eigenvalue weighted by molar-refractivity contribution is 5.33. The van der Waals surface area contributed by atoms with Crippen molar-refractivity contribution in [3.8, 4) is 5.75 Å². The summed E-state index contributed by atoms with van der Waals surface area (Å²) in [5.41, 5.74) is 0.931. The molecule has 122 valence electrons. The Hall–Kier alpha value is -1.17. The normalized spacial score (nSPS) is 23.8. The van der Waals surface area contributed by atoms with Gasteiger partial charge in [0.2, 0.25) is 0 Å². The Kier molecular flexibility index (Phi) is 5.28. The van der Waals surface area contributed by atoms with Gasteiger partial charge in [0.05, 0.1) is 13.7 Å². The predicted molar refractivity (Wildman–Crippen MR) is 83.6 cm³/mol. The predicted octanol–water partition coefficient (Wildman–Crippen LogP) is 1.99. The third kappa shape index (κ3) is 3.97. The second-order valence-corrected chi connectivity index (χ2v) is 6.26. The highest BCUT2D eigenvalue weighted by Gasteiger charge is 2.23. The molecule has 2 heterocycles. The molecule has 0 aliphatic carbocycles. The van der Waals surface area contributed by atoms with Gasteiger partial charge in [-0.1, -0.05) is 0 Å². The zero-order chi connectivity index (χ0) is 15.4. The van der Waals surface area contributed by atoms with E-state index in [1.54, 1.807) is 19.2 Å². The average molecular weight is 308 g/mol. The quantitative estimate of drug-likeness (QED) is 0.830. The number of rotatable bonds is 5. The van der Waals surface area contributed by atoms with E-state index in [1.807, 2.05) is 0 Å². The van der Waals surface area contributed by atoms with Crippen molar-refractivity contribution < 1.29 is 13.9 Å². The van der Waals surface area contributed by atoms with Crippen molar-refractivity contribution in [1.29, 1.82) is 0 Å². The van der Waals surface area contributed by atoms with Crippen LogP contribution < -0.4 is 4.74 Å². The van der Waals surface area contributed by atoms with Crippen LogP contribution in [0.5, 0.6) is 5.75 Å². The monoisotopic (exact) mass is 308 g/mol. The molecule has 0 aromatic heterocycles. The second-order valence-electron chi connectivity index (χ2n) is 6.26. The molecular formula is C17H25FN2O2. The minimum Gasteiger partial charge on any atom is -0.496 e. The van der Waals surface area contributed by atoms with E-state index in [1.165, 1.54) is 12.5 Å². The molecule has 0 spiro atoms. The Morgan fingerprint density at radius 1 is 1.23 bits per heavy atom. The van der Waals surface area contributed by atoms with Crippen molar-refractivity contribution in [2.45, 2.75) is 13.0 Å². The second kappa shape index (κ2) is 7.40. The number of hydrogen-bond acceptors (Lipinski definition) is 4. The number of ether oxygens (including phenoxy) is 2. The number of halogens is 1. The summed E-state index contributed by atoms with van der Waals surface area (Å²) in [6.07, 6.45) is 1.20. The van der Waals surface area contributed by atoms with Crippen LogP contribution in [-0.2, 0) is 11.3 Å². The molecule has 2 aliphatic heterocycles. The number of piperazine rings is 1. The summed E-state index contributed by atoms with van der Waals surface area (Å²) < 4.78 is 24.2. The van der Waals surface area contributed by atoms with Crippen LogP contribution in [0.25, 0.3) is 0 Å². The fourth-order valence-corrected chi connectivity index (χ4v) is 3.33. The zero-order valence-corrected chi connectivity index (χ0v) is 13.3. The number of benzene rings is 1. The fourth-order valence-electron chi connectivity index (χ4n) is 3.33. The smallest absolute Gasteiger partial charge is 0.123 e. The Labute approximate surface area is 131 Å². The lowest BCUT2D eigenvalue weighted by molar-refractivity contribution is 0.106. The SMILES string of the molecule is COc1ccc(F)cc1CN1CCN(CC2CCOC2)CC1. The number of hydrogen-bond donors (Lipinski definition) is 0. The van der Waals surface area contributed by atoms with E-state index in [2.05, 4.69) is 9.80 Å². The van der Waals surface area contributed by atoms with E-state index in [0.29, 0.717) is 5.92 Å². The van der Waals surface area contributed by atoms with Gasteiger partial charge in [-0.25, -0.2) is 4.39 Å². The third-order valence-electron chi connectivity index (χ3n) is 4.64. The molecule has 1 unspecified atom stereocenters. The number of nitrogens with zero attached hydrogens (tertiary/aromatic N) is 2. The molecule has 0 amide bonds. The van der Waals surface area contributed by atoms with Crippen LogP contribution >= 0.6 is 0 Å². The van der Waals surface area contributed by atoms with Gasteiger partial charge in [-0.2, -0.15) is 0 Å². The van der Waals surface area contributed by atoms with Crippen LogP contribution in [0.2, 0.25) is 0 Å². The molecule has 4 nitrogen and oxygen atoms in total. The minimum atomic E-state index is -0.198. The van der Waals surface area contributed by atoms with Crippen LogP contribution in [-0.4, -0.2) is 62.8 Å². The molecule has 0 saturated carbocycles. The van der Waals surface area contributed by atoms with Gasteiger partial charge in [-0.05, 0) is 30.5 Å². The van der Waals surface area contributed by atoms with Crippen molar-refractivity contribution >= 4 is 0 Å². The van der Waals surface area contributed by atoms with Crippen LogP contribution in [0.15, 0.2) is 18.2 Å². The molecule has 0 bridgehead atoms. The van der Waals surface area contributed by atoms with Gasteiger partial charge >= 0.3 is 0 Å². The molecule has 2 aliphatic rings. The maximum atomic E-state index is 13.4. The first kappa shape index (κ1) is 15.7. The van der Waals surface area contributed by atoms with E-state index in [4.69, 9.17) is 9.47 Å². The maximum Gasteiger partial charge on any atom is 0.123 e. The lowest BCUT2D eigenvalue weighted by Gasteiger charge is -2.35. The van der Waals surface area contributed by atoms with Gasteiger partial charge in [0.25, 0.3) is 0 Å². The molecule has 1 atom stereocenters. The van der Waals surface area contributed by atoms with Crippen molar-refractivity contribution in [2.75, 3.05) is 53.0 Å². The molecule has 5 heteroatoms. The van der Waals surface area contributed by atoms with Crippen molar-refractivity contribution in [3.63, 3.8) is 0 Å². The molecule has 1 aromatic rings. The van der Waals surface area contributed by atoms with Crippen molar-refractivity contribution in [3.05, 3.63) is 29.6 Å². The molecule has 1 aromatic carbocycles. The fraction of sp³-hybridized carbons (Fsp3) is 0.647. The molecule has 22 heavy (non-hydrogen) atoms. The van der Waals surface area contributed by atoms with E-state index in [9.17, 15) is 4.39 Å². The lowest BCUT2D eigenvalue weighted by Crippen LogP contribution is -2.47. The van der Waals surface area contributed by atoms with E-state index < -0.39 is 0 Å². The average Bonchev–Trinajstić information content (AvgIpc) is 3.02. The van der Waals surface area contributed by atoms with E-state index >= 15 is 0 Å². The summed E-state index contributed by atoms with van der Waals surface area (Å²) in [5, 5.41) is 0. The summed E-state index contributed by atoms with van der Waals surface area (Å²) >= 11 is 0. The topological polar surface area (TPSA) is 24.9 Å². The summed E-state index contributed by atoms with van der Waals surface area (Å²) in [5.74, 6) is 1.28.